The van der Waals surface area contributed by atoms with E-state index >= 15 is 0 Å². The molecule has 6 aliphatic rings. The van der Waals surface area contributed by atoms with Crippen LogP contribution in [0.4, 0.5) is 0 Å². The van der Waals surface area contributed by atoms with Gasteiger partial charge in [-0.1, -0.05) is 67.9 Å². The third kappa shape index (κ3) is 8.85. The lowest BCUT2D eigenvalue weighted by Gasteiger charge is -2.55. The van der Waals surface area contributed by atoms with Gasteiger partial charge in [-0.3, -0.25) is 14.4 Å². The Kier molecular flexibility index (Phi) is 14.2. The number of hydrogen-bond acceptors (Lipinski definition) is 10. The zero-order valence-electron chi connectivity index (χ0n) is 37.6. The van der Waals surface area contributed by atoms with Gasteiger partial charge in [0.1, 0.15) is 11.8 Å². The Bertz CT molecular complexity index is 1540. The first-order valence-electron chi connectivity index (χ1n) is 23.3. The predicted octanol–water partition coefficient (Wildman–Crippen LogP) is 7.11. The molecule has 5 heterocycles. The molecule has 12 nitrogen and oxygen atoms in total. The monoisotopic (exact) mass is 832 g/mol. The lowest BCUT2D eigenvalue weighted by atomic mass is 9.72. The SMILES string of the molecule is CC[C@@H](C(=O)[C@@H](C)[C@@H](O)[C@H](C)[C@@H]1O[C@@H]([C@@H](CC)C(=O)O)CC[C@@H]1C)[C@H]1O[C@]2(C=C[C@@H](NC(=O)C3CCC3)[C@]3(CC[C@@](C)([C@H]4CC[C@](O)(CC)[C@H](C)O4)O3)O2)[C@H](C)C[C@@H]1C. The van der Waals surface area contributed by atoms with Crippen molar-refractivity contribution in [2.24, 2.45) is 47.3 Å². The first-order chi connectivity index (χ1) is 27.8. The largest absolute Gasteiger partial charge is 0.481 e. The Balaban J connectivity index is 1.23. The van der Waals surface area contributed by atoms with Crippen molar-refractivity contribution < 1.29 is 53.4 Å². The van der Waals surface area contributed by atoms with E-state index in [9.17, 15) is 29.7 Å². The number of nitrogens with one attached hydrogen (secondary N) is 1. The summed E-state index contributed by atoms with van der Waals surface area (Å²) >= 11 is 0. The lowest BCUT2D eigenvalue weighted by Crippen LogP contribution is -2.66. The summed E-state index contributed by atoms with van der Waals surface area (Å²) < 4.78 is 34.6. The van der Waals surface area contributed by atoms with Gasteiger partial charge in [0.25, 0.3) is 0 Å². The normalized spacial score (nSPS) is 44.0. The van der Waals surface area contributed by atoms with Crippen molar-refractivity contribution in [2.45, 2.75) is 218 Å². The molecule has 5 fully saturated rings. The minimum atomic E-state index is -1.26. The molecule has 1 aliphatic carbocycles. The minimum absolute atomic E-state index is 0.00365. The zero-order valence-corrected chi connectivity index (χ0v) is 37.6. The van der Waals surface area contributed by atoms with Crippen molar-refractivity contribution >= 4 is 17.7 Å². The number of ketones is 1. The van der Waals surface area contributed by atoms with E-state index in [2.05, 4.69) is 33.0 Å². The van der Waals surface area contributed by atoms with E-state index in [1.54, 1.807) is 6.92 Å². The molecule has 336 valence electrons. The molecular weight excluding hydrogens is 755 g/mol. The van der Waals surface area contributed by atoms with Crippen LogP contribution in [0.15, 0.2) is 12.2 Å². The molecule has 0 radical (unpaired) electrons. The maximum Gasteiger partial charge on any atom is 0.309 e. The van der Waals surface area contributed by atoms with E-state index in [0.29, 0.717) is 57.8 Å². The fraction of sp³-hybridized carbons (Fsp3) is 0.894. The molecule has 0 bridgehead atoms. The molecule has 4 N–H and O–H groups in total. The first-order valence-corrected chi connectivity index (χ1v) is 23.3. The predicted molar refractivity (Wildman–Crippen MR) is 222 cm³/mol. The molecule has 4 saturated heterocycles. The number of aliphatic carboxylic acids is 1. The summed E-state index contributed by atoms with van der Waals surface area (Å²) in [4.78, 5) is 40.2. The van der Waals surface area contributed by atoms with Crippen molar-refractivity contribution in [3.05, 3.63) is 12.2 Å². The Morgan fingerprint density at radius 2 is 1.56 bits per heavy atom. The van der Waals surface area contributed by atoms with Gasteiger partial charge in [-0.15, -0.1) is 0 Å². The van der Waals surface area contributed by atoms with E-state index in [1.165, 1.54) is 0 Å². The number of carboxylic acids is 1. The second-order valence-electron chi connectivity index (χ2n) is 20.1. The van der Waals surface area contributed by atoms with Gasteiger partial charge in [-0.05, 0) is 102 Å². The van der Waals surface area contributed by atoms with Crippen molar-refractivity contribution in [1.29, 1.82) is 0 Å². The van der Waals surface area contributed by atoms with Crippen molar-refractivity contribution in [2.75, 3.05) is 0 Å². The van der Waals surface area contributed by atoms with E-state index in [4.69, 9.17) is 23.7 Å². The average Bonchev–Trinajstić information content (AvgIpc) is 3.52. The third-order valence-corrected chi connectivity index (χ3v) is 16.3. The number of ether oxygens (including phenoxy) is 5. The van der Waals surface area contributed by atoms with E-state index in [0.717, 1.165) is 25.7 Å². The molecule has 2 spiro atoms. The number of carbonyl (C=O) groups is 3. The highest BCUT2D eigenvalue weighted by Crippen LogP contribution is 2.54. The summed E-state index contributed by atoms with van der Waals surface area (Å²) in [6, 6.07) is -0.572. The van der Waals surface area contributed by atoms with Crippen LogP contribution in [0.25, 0.3) is 0 Å². The third-order valence-electron chi connectivity index (χ3n) is 16.3. The van der Waals surface area contributed by atoms with Crippen molar-refractivity contribution in [1.82, 2.24) is 5.32 Å². The maximum atomic E-state index is 14.6. The number of carbonyl (C=O) groups excluding carboxylic acids is 2. The molecule has 0 aromatic rings. The number of Topliss-reactive ketones (excluding diaryl/α,β-unsaturated/α-hetero) is 1. The highest BCUT2D eigenvalue weighted by molar-refractivity contribution is 5.84. The van der Waals surface area contributed by atoms with Crippen LogP contribution in [0.2, 0.25) is 0 Å². The summed E-state index contributed by atoms with van der Waals surface area (Å²) in [5, 5.41) is 36.2. The number of aliphatic hydroxyl groups excluding tert-OH is 1. The van der Waals surface area contributed by atoms with Crippen molar-refractivity contribution in [3.63, 3.8) is 0 Å². The van der Waals surface area contributed by atoms with Crippen LogP contribution in [-0.4, -0.2) is 98.4 Å². The van der Waals surface area contributed by atoms with Gasteiger partial charge in [0.2, 0.25) is 5.91 Å². The smallest absolute Gasteiger partial charge is 0.309 e. The number of hydrogen-bond donors (Lipinski definition) is 4. The molecule has 1 saturated carbocycles. The molecule has 59 heavy (non-hydrogen) atoms. The summed E-state index contributed by atoms with van der Waals surface area (Å²) in [7, 11) is 0. The topological polar surface area (TPSA) is 170 Å². The van der Waals surface area contributed by atoms with E-state index in [1.807, 2.05) is 46.8 Å². The molecule has 0 aromatic carbocycles. The van der Waals surface area contributed by atoms with Gasteiger partial charge in [0, 0.05) is 36.0 Å². The summed E-state index contributed by atoms with van der Waals surface area (Å²) in [5.41, 5.74) is -1.65. The van der Waals surface area contributed by atoms with E-state index < -0.39 is 76.8 Å². The summed E-state index contributed by atoms with van der Waals surface area (Å²) in [6.45, 7) is 19.8. The number of carboxylic acid groups (broad SMARTS) is 1. The van der Waals surface area contributed by atoms with Crippen LogP contribution in [-0.2, 0) is 38.1 Å². The van der Waals surface area contributed by atoms with Gasteiger partial charge < -0.3 is 44.3 Å². The second-order valence-corrected chi connectivity index (χ2v) is 20.1. The quantitative estimate of drug-likeness (QED) is 0.132. The molecule has 0 aromatic heterocycles. The fourth-order valence-electron chi connectivity index (χ4n) is 11.6. The molecule has 0 unspecified atom stereocenters. The number of rotatable bonds is 14. The number of aliphatic hydroxyl groups is 2. The van der Waals surface area contributed by atoms with E-state index in [-0.39, 0.29) is 53.7 Å². The highest BCUT2D eigenvalue weighted by Gasteiger charge is 2.63. The highest BCUT2D eigenvalue weighted by atomic mass is 16.8. The van der Waals surface area contributed by atoms with Crippen LogP contribution in [0.5, 0.6) is 0 Å². The first kappa shape index (κ1) is 46.6. The maximum absolute atomic E-state index is 14.6. The van der Waals surface area contributed by atoms with Crippen molar-refractivity contribution in [3.8, 4) is 0 Å². The lowest BCUT2D eigenvalue weighted by molar-refractivity contribution is -0.398. The molecular formula is C47H77NO11. The Morgan fingerprint density at radius 1 is 0.864 bits per heavy atom. The second kappa shape index (κ2) is 18.0. The molecule has 5 aliphatic heterocycles. The van der Waals surface area contributed by atoms with Crippen LogP contribution in [0, 0.1) is 47.3 Å². The molecule has 12 heteroatoms. The average molecular weight is 832 g/mol. The standard InChI is InChI=1S/C47H77NO11/c1-11-33(43(52)53)35-18-17-26(4)40(56-35)30(8)38(49)29(7)39(50)34(12-2)41-27(5)25-28(6)46(57-41)22-19-36(48-42(51)32-15-14-16-32)47(59-46)24-23-44(10,58-47)37-20-21-45(54,13-3)31(9)55-37/h19,22,26-38,40-41,49,54H,11-18,20-21,23-25H2,1-10H3,(H,48,51)(H,52,53)/t26-,27-,28+,29-,30-,31-,33+,34-,35+,36+,37+,38+,40+,41-,44-,45+,46-,47-/m0/s1. The molecule has 1 amide bonds. The Hall–Kier alpha value is -1.93. The van der Waals surface area contributed by atoms with Crippen LogP contribution < -0.4 is 5.32 Å². The summed E-state index contributed by atoms with van der Waals surface area (Å²) in [5.74, 6) is -5.76. The van der Waals surface area contributed by atoms with Gasteiger partial charge >= 0.3 is 5.97 Å². The van der Waals surface area contributed by atoms with Crippen LogP contribution in [0.3, 0.4) is 0 Å². The van der Waals surface area contributed by atoms with Gasteiger partial charge in [-0.2, -0.15) is 0 Å². The fourth-order valence-corrected chi connectivity index (χ4v) is 11.6. The van der Waals surface area contributed by atoms with Gasteiger partial charge in [0.15, 0.2) is 11.6 Å². The zero-order chi connectivity index (χ0) is 43.2. The summed E-state index contributed by atoms with van der Waals surface area (Å²) in [6.07, 6.45) is 9.75. The van der Waals surface area contributed by atoms with Crippen LogP contribution >= 0.6 is 0 Å². The number of amides is 1. The molecule has 6 rings (SSSR count). The van der Waals surface area contributed by atoms with Gasteiger partial charge in [-0.25, -0.2) is 0 Å². The van der Waals surface area contributed by atoms with Gasteiger partial charge in [0.05, 0.1) is 53.7 Å². The Labute approximate surface area is 353 Å². The Morgan fingerprint density at radius 3 is 2.15 bits per heavy atom. The van der Waals surface area contributed by atoms with Crippen LogP contribution in [0.1, 0.15) is 153 Å². The molecule has 18 atom stereocenters. The minimum Gasteiger partial charge on any atom is -0.481 e.